The van der Waals surface area contributed by atoms with Gasteiger partial charge in [-0.1, -0.05) is 13.8 Å². The average molecular weight is 305 g/mol. The van der Waals surface area contributed by atoms with Crippen molar-refractivity contribution in [2.24, 2.45) is 0 Å². The van der Waals surface area contributed by atoms with Crippen LogP contribution in [-0.2, 0) is 0 Å². The first-order chi connectivity index (χ1) is 9.64. The van der Waals surface area contributed by atoms with Crippen molar-refractivity contribution in [1.82, 2.24) is 9.88 Å². The second-order valence-corrected chi connectivity index (χ2v) is 4.93. The number of pyridine rings is 1. The molecule has 0 aliphatic carbocycles. The van der Waals surface area contributed by atoms with Crippen molar-refractivity contribution in [3.8, 4) is 0 Å². The van der Waals surface area contributed by atoms with Crippen LogP contribution in [0, 0.1) is 0 Å². The predicted molar refractivity (Wildman–Crippen MR) is 71.8 cm³/mol. The number of hydrogen-bond donors (Lipinski definition) is 2. The van der Waals surface area contributed by atoms with Crippen LogP contribution < -0.4 is 5.73 Å². The smallest absolute Gasteiger partial charge is 0.395 e. The number of alkyl halides is 3. The fourth-order valence-electron chi connectivity index (χ4n) is 1.77. The molecule has 0 saturated heterocycles. The van der Waals surface area contributed by atoms with Crippen molar-refractivity contribution in [3.63, 3.8) is 0 Å². The Labute approximate surface area is 120 Å². The van der Waals surface area contributed by atoms with Crippen LogP contribution in [0.3, 0.4) is 0 Å². The second-order valence-electron chi connectivity index (χ2n) is 4.93. The summed E-state index contributed by atoms with van der Waals surface area (Å²) in [7, 11) is 0. The molecule has 1 aromatic rings. The maximum absolute atomic E-state index is 12.5. The highest BCUT2D eigenvalue weighted by Crippen LogP contribution is 2.20. The summed E-state index contributed by atoms with van der Waals surface area (Å²) in [5.41, 5.74) is 6.14. The number of halogens is 3. The molecule has 0 atom stereocenters. The van der Waals surface area contributed by atoms with E-state index in [1.807, 2.05) is 13.8 Å². The van der Waals surface area contributed by atoms with Crippen LogP contribution in [0.2, 0.25) is 0 Å². The number of aromatic nitrogens is 1. The molecule has 118 valence electrons. The molecule has 0 fully saturated rings. The number of rotatable bonds is 5. The molecule has 21 heavy (non-hydrogen) atoms. The SMILES string of the molecule is CC(C)c1cc(C(=O)N(CCO)CC(F)(F)F)cc(N)n1. The number of amides is 1. The molecular weight excluding hydrogens is 287 g/mol. The largest absolute Gasteiger partial charge is 0.406 e. The summed E-state index contributed by atoms with van der Waals surface area (Å²) < 4.78 is 37.4. The van der Waals surface area contributed by atoms with Gasteiger partial charge in [0.2, 0.25) is 0 Å². The van der Waals surface area contributed by atoms with E-state index in [4.69, 9.17) is 10.8 Å². The number of carbonyl (C=O) groups excluding carboxylic acids is 1. The highest BCUT2D eigenvalue weighted by atomic mass is 19.4. The van der Waals surface area contributed by atoms with Crippen molar-refractivity contribution in [1.29, 1.82) is 0 Å². The van der Waals surface area contributed by atoms with E-state index in [0.717, 1.165) is 0 Å². The number of aliphatic hydroxyl groups is 1. The Morgan fingerprint density at radius 2 is 2.05 bits per heavy atom. The first-order valence-electron chi connectivity index (χ1n) is 6.38. The number of nitrogens with zero attached hydrogens (tertiary/aromatic N) is 2. The minimum Gasteiger partial charge on any atom is -0.395 e. The van der Waals surface area contributed by atoms with Gasteiger partial charge in [-0.15, -0.1) is 0 Å². The topological polar surface area (TPSA) is 79.5 Å². The minimum absolute atomic E-state index is 0.0195. The molecule has 0 radical (unpaired) electrons. The summed E-state index contributed by atoms with van der Waals surface area (Å²) in [4.78, 5) is 16.7. The van der Waals surface area contributed by atoms with E-state index in [2.05, 4.69) is 4.98 Å². The lowest BCUT2D eigenvalue weighted by Crippen LogP contribution is -2.40. The van der Waals surface area contributed by atoms with E-state index < -0.39 is 31.8 Å². The molecule has 0 unspecified atom stereocenters. The maximum atomic E-state index is 12.5. The van der Waals surface area contributed by atoms with Gasteiger partial charge in [0.05, 0.1) is 6.61 Å². The quantitative estimate of drug-likeness (QED) is 0.869. The first kappa shape index (κ1) is 17.2. The highest BCUT2D eigenvalue weighted by Gasteiger charge is 2.33. The van der Waals surface area contributed by atoms with Gasteiger partial charge >= 0.3 is 6.18 Å². The molecule has 1 aromatic heterocycles. The third-order valence-corrected chi connectivity index (χ3v) is 2.73. The molecule has 0 bridgehead atoms. The normalized spacial score (nSPS) is 11.8. The summed E-state index contributed by atoms with van der Waals surface area (Å²) in [6, 6.07) is 2.65. The van der Waals surface area contributed by atoms with E-state index in [1.54, 1.807) is 0 Å². The van der Waals surface area contributed by atoms with Gasteiger partial charge in [0.15, 0.2) is 0 Å². The van der Waals surface area contributed by atoms with Gasteiger partial charge in [0, 0.05) is 17.8 Å². The van der Waals surface area contributed by atoms with Crippen molar-refractivity contribution in [2.75, 3.05) is 25.4 Å². The molecule has 5 nitrogen and oxygen atoms in total. The number of nitrogen functional groups attached to an aromatic ring is 1. The molecule has 1 amide bonds. The van der Waals surface area contributed by atoms with Crippen LogP contribution in [0.5, 0.6) is 0 Å². The lowest BCUT2D eigenvalue weighted by atomic mass is 10.1. The number of nitrogens with two attached hydrogens (primary N) is 1. The van der Waals surface area contributed by atoms with Crippen LogP contribution in [0.15, 0.2) is 12.1 Å². The predicted octanol–water partition coefficient (Wildman–Crippen LogP) is 1.78. The van der Waals surface area contributed by atoms with Crippen LogP contribution in [0.25, 0.3) is 0 Å². The summed E-state index contributed by atoms with van der Waals surface area (Å²) in [5.74, 6) is -0.785. The zero-order valence-corrected chi connectivity index (χ0v) is 11.8. The Bertz CT molecular complexity index is 504. The van der Waals surface area contributed by atoms with E-state index in [1.165, 1.54) is 12.1 Å². The van der Waals surface area contributed by atoms with Crippen molar-refractivity contribution in [3.05, 3.63) is 23.4 Å². The average Bonchev–Trinajstić information content (AvgIpc) is 2.35. The Hall–Kier alpha value is -1.83. The Morgan fingerprint density at radius 1 is 1.43 bits per heavy atom. The monoisotopic (exact) mass is 305 g/mol. The molecule has 0 aliphatic heterocycles. The molecule has 0 spiro atoms. The lowest BCUT2D eigenvalue weighted by Gasteiger charge is -2.23. The van der Waals surface area contributed by atoms with Gasteiger partial charge in [0.1, 0.15) is 12.4 Å². The molecule has 3 N–H and O–H groups in total. The fourth-order valence-corrected chi connectivity index (χ4v) is 1.77. The van der Waals surface area contributed by atoms with E-state index in [0.29, 0.717) is 10.6 Å². The summed E-state index contributed by atoms with van der Waals surface area (Å²) in [6.45, 7) is 1.27. The van der Waals surface area contributed by atoms with Gasteiger partial charge in [0.25, 0.3) is 5.91 Å². The number of hydrogen-bond acceptors (Lipinski definition) is 4. The van der Waals surface area contributed by atoms with Crippen LogP contribution in [-0.4, -0.2) is 46.8 Å². The third kappa shape index (κ3) is 5.22. The molecule has 8 heteroatoms. The lowest BCUT2D eigenvalue weighted by molar-refractivity contribution is -0.141. The van der Waals surface area contributed by atoms with Crippen molar-refractivity contribution in [2.45, 2.75) is 25.9 Å². The fraction of sp³-hybridized carbons (Fsp3) is 0.538. The number of aliphatic hydroxyl groups excluding tert-OH is 1. The van der Waals surface area contributed by atoms with Gasteiger partial charge in [-0.2, -0.15) is 13.2 Å². The molecule has 0 saturated carbocycles. The molecule has 1 heterocycles. The van der Waals surface area contributed by atoms with Crippen LogP contribution >= 0.6 is 0 Å². The second kappa shape index (κ2) is 6.75. The summed E-state index contributed by atoms with van der Waals surface area (Å²) >= 11 is 0. The highest BCUT2D eigenvalue weighted by molar-refractivity contribution is 5.95. The van der Waals surface area contributed by atoms with Crippen LogP contribution in [0.4, 0.5) is 19.0 Å². The van der Waals surface area contributed by atoms with Gasteiger partial charge in [-0.05, 0) is 18.1 Å². The molecule has 0 aromatic carbocycles. The minimum atomic E-state index is -4.54. The first-order valence-corrected chi connectivity index (χ1v) is 6.38. The maximum Gasteiger partial charge on any atom is 0.406 e. The van der Waals surface area contributed by atoms with Gasteiger partial charge in [-0.25, -0.2) is 4.98 Å². The Balaban J connectivity index is 3.08. The molecule has 1 rings (SSSR count). The summed E-state index contributed by atoms with van der Waals surface area (Å²) in [6.07, 6.45) is -4.54. The molecule has 0 aliphatic rings. The van der Waals surface area contributed by atoms with Crippen molar-refractivity contribution < 1.29 is 23.1 Å². The van der Waals surface area contributed by atoms with E-state index >= 15 is 0 Å². The number of carbonyl (C=O) groups is 1. The standard InChI is InChI=1S/C13H18F3N3O2/c1-8(2)10-5-9(6-11(17)18-10)12(21)19(3-4-20)7-13(14,15)16/h5-6,8,20H,3-4,7H2,1-2H3,(H2,17,18). The zero-order chi connectivity index (χ0) is 16.2. The van der Waals surface area contributed by atoms with Gasteiger partial charge < -0.3 is 15.7 Å². The summed E-state index contributed by atoms with van der Waals surface area (Å²) in [5, 5.41) is 8.83. The third-order valence-electron chi connectivity index (χ3n) is 2.73. The van der Waals surface area contributed by atoms with Crippen LogP contribution in [0.1, 0.15) is 35.8 Å². The van der Waals surface area contributed by atoms with E-state index in [9.17, 15) is 18.0 Å². The van der Waals surface area contributed by atoms with Gasteiger partial charge in [-0.3, -0.25) is 4.79 Å². The van der Waals surface area contributed by atoms with Crippen molar-refractivity contribution >= 4 is 11.7 Å². The van der Waals surface area contributed by atoms with E-state index in [-0.39, 0.29) is 17.3 Å². The molecular formula is C13H18F3N3O2. The Kier molecular flexibility index (Phi) is 5.54. The zero-order valence-electron chi connectivity index (χ0n) is 11.8. The Morgan fingerprint density at radius 3 is 2.52 bits per heavy atom. The number of anilines is 1.